The monoisotopic (exact) mass is 385 g/mol. The van der Waals surface area contributed by atoms with E-state index in [4.69, 9.17) is 20.9 Å². The predicted octanol–water partition coefficient (Wildman–Crippen LogP) is 3.13. The molecule has 1 aromatic heterocycles. The molecule has 1 heterocycles. The lowest BCUT2D eigenvalue weighted by molar-refractivity contribution is 0.321. The second-order valence-corrected chi connectivity index (χ2v) is 5.97. The zero-order valence-electron chi connectivity index (χ0n) is 14.9. The van der Waals surface area contributed by atoms with Crippen molar-refractivity contribution in [2.45, 2.75) is 6.54 Å². The van der Waals surface area contributed by atoms with Crippen molar-refractivity contribution in [1.29, 1.82) is 0 Å². The molecule has 0 saturated carbocycles. The topological polar surface area (TPSA) is 84.6 Å². The van der Waals surface area contributed by atoms with Crippen LogP contribution >= 0.6 is 11.6 Å². The van der Waals surface area contributed by atoms with Crippen LogP contribution in [0.25, 0.3) is 11.4 Å². The summed E-state index contributed by atoms with van der Waals surface area (Å²) in [5.41, 5.74) is 0.843. The third-order valence-corrected chi connectivity index (χ3v) is 3.86. The van der Waals surface area contributed by atoms with Crippen molar-refractivity contribution in [1.82, 2.24) is 20.8 Å². The summed E-state index contributed by atoms with van der Waals surface area (Å²) < 4.78 is 10.9. The van der Waals surface area contributed by atoms with Gasteiger partial charge in [-0.2, -0.15) is 4.98 Å². The number of aliphatic imine (C=N–C) groups is 1. The quantitative estimate of drug-likeness (QED) is 0.369. The van der Waals surface area contributed by atoms with Gasteiger partial charge in [-0.05, 0) is 36.4 Å². The molecular formula is C19H20ClN5O2. The molecule has 0 aliphatic carbocycles. The summed E-state index contributed by atoms with van der Waals surface area (Å²) in [6.07, 6.45) is 0. The van der Waals surface area contributed by atoms with Crippen molar-refractivity contribution in [3.8, 4) is 17.1 Å². The molecule has 0 fully saturated rings. The Morgan fingerprint density at radius 1 is 1.11 bits per heavy atom. The van der Waals surface area contributed by atoms with E-state index < -0.39 is 0 Å². The van der Waals surface area contributed by atoms with Crippen LogP contribution in [0.1, 0.15) is 5.89 Å². The van der Waals surface area contributed by atoms with Crippen LogP contribution in [0.5, 0.6) is 5.75 Å². The van der Waals surface area contributed by atoms with Crippen LogP contribution in [0.4, 0.5) is 0 Å². The van der Waals surface area contributed by atoms with E-state index in [0.29, 0.717) is 42.4 Å². The highest BCUT2D eigenvalue weighted by atomic mass is 35.5. The van der Waals surface area contributed by atoms with Gasteiger partial charge in [-0.15, -0.1) is 0 Å². The van der Waals surface area contributed by atoms with Crippen molar-refractivity contribution in [3.63, 3.8) is 0 Å². The highest BCUT2D eigenvalue weighted by molar-refractivity contribution is 6.30. The van der Waals surface area contributed by atoms with Crippen LogP contribution in [0.15, 0.2) is 64.1 Å². The molecule has 0 aliphatic heterocycles. The fourth-order valence-corrected chi connectivity index (χ4v) is 2.40. The highest BCUT2D eigenvalue weighted by Gasteiger charge is 2.09. The number of nitrogens with one attached hydrogen (secondary N) is 2. The first-order valence-corrected chi connectivity index (χ1v) is 8.83. The minimum atomic E-state index is 0.361. The van der Waals surface area contributed by atoms with Gasteiger partial charge in [-0.3, -0.25) is 4.99 Å². The minimum absolute atomic E-state index is 0.361. The van der Waals surface area contributed by atoms with Crippen LogP contribution in [-0.4, -0.2) is 36.3 Å². The van der Waals surface area contributed by atoms with Crippen LogP contribution in [0.2, 0.25) is 5.02 Å². The second-order valence-electron chi connectivity index (χ2n) is 5.53. The van der Waals surface area contributed by atoms with E-state index in [1.54, 1.807) is 19.2 Å². The number of halogens is 1. The molecule has 0 aliphatic rings. The van der Waals surface area contributed by atoms with Crippen molar-refractivity contribution in [2.24, 2.45) is 4.99 Å². The van der Waals surface area contributed by atoms with Gasteiger partial charge in [-0.25, -0.2) is 0 Å². The maximum absolute atomic E-state index is 5.89. The molecule has 0 atom stereocenters. The molecule has 27 heavy (non-hydrogen) atoms. The van der Waals surface area contributed by atoms with Crippen LogP contribution in [0, 0.1) is 0 Å². The number of benzene rings is 2. The Morgan fingerprint density at radius 2 is 1.89 bits per heavy atom. The Bertz CT molecular complexity index is 865. The summed E-state index contributed by atoms with van der Waals surface area (Å²) in [6.45, 7) is 1.49. The number of hydrogen-bond donors (Lipinski definition) is 2. The first-order chi connectivity index (χ1) is 13.2. The first kappa shape index (κ1) is 18.7. The third kappa shape index (κ3) is 5.72. The van der Waals surface area contributed by atoms with Crippen LogP contribution < -0.4 is 15.4 Å². The average molecular weight is 386 g/mol. The van der Waals surface area contributed by atoms with Crippen molar-refractivity contribution >= 4 is 17.6 Å². The van der Waals surface area contributed by atoms with Gasteiger partial charge in [-0.1, -0.05) is 35.0 Å². The summed E-state index contributed by atoms with van der Waals surface area (Å²) in [7, 11) is 1.69. The maximum Gasteiger partial charge on any atom is 0.246 e. The van der Waals surface area contributed by atoms with E-state index in [1.165, 1.54) is 0 Å². The maximum atomic E-state index is 5.89. The van der Waals surface area contributed by atoms with Crippen molar-refractivity contribution < 1.29 is 9.26 Å². The lowest BCUT2D eigenvalue weighted by Crippen LogP contribution is -2.38. The SMILES string of the molecule is CN=C(NCCOc1ccccc1)NCc1nc(-c2ccc(Cl)cc2)no1. The van der Waals surface area contributed by atoms with Gasteiger partial charge in [0.05, 0.1) is 13.1 Å². The molecule has 3 aromatic rings. The number of hydrogen-bond acceptors (Lipinski definition) is 5. The fourth-order valence-electron chi connectivity index (χ4n) is 2.28. The second kappa shape index (κ2) is 9.59. The summed E-state index contributed by atoms with van der Waals surface area (Å²) in [6, 6.07) is 16.9. The lowest BCUT2D eigenvalue weighted by atomic mass is 10.2. The normalized spacial score (nSPS) is 11.3. The zero-order valence-corrected chi connectivity index (χ0v) is 15.6. The van der Waals surface area contributed by atoms with Gasteiger partial charge in [0.25, 0.3) is 0 Å². The largest absolute Gasteiger partial charge is 0.492 e. The first-order valence-electron chi connectivity index (χ1n) is 8.45. The Kier molecular flexibility index (Phi) is 6.65. The number of ether oxygens (including phenoxy) is 1. The summed E-state index contributed by atoms with van der Waals surface area (Å²) in [5.74, 6) is 2.44. The smallest absolute Gasteiger partial charge is 0.246 e. The van der Waals surface area contributed by atoms with Gasteiger partial charge in [0.1, 0.15) is 12.4 Å². The Labute approximate surface area is 162 Å². The standard InChI is InChI=1S/C19H20ClN5O2/c1-21-19(22-11-12-26-16-5-3-2-4-6-16)23-13-17-24-18(25-27-17)14-7-9-15(20)10-8-14/h2-10H,11-13H2,1H3,(H2,21,22,23). The van der Waals surface area contributed by atoms with E-state index in [9.17, 15) is 0 Å². The molecule has 0 amide bonds. The van der Waals surface area contributed by atoms with Crippen LogP contribution in [0.3, 0.4) is 0 Å². The van der Waals surface area contributed by atoms with Gasteiger partial charge in [0.2, 0.25) is 11.7 Å². The molecule has 140 valence electrons. The zero-order chi connectivity index (χ0) is 18.9. The molecule has 8 heteroatoms. The summed E-state index contributed by atoms with van der Waals surface area (Å²) in [4.78, 5) is 8.52. The van der Waals surface area contributed by atoms with E-state index in [1.807, 2.05) is 42.5 Å². The van der Waals surface area contributed by atoms with Gasteiger partial charge in [0.15, 0.2) is 5.96 Å². The fraction of sp³-hybridized carbons (Fsp3) is 0.211. The molecule has 7 nitrogen and oxygen atoms in total. The van der Waals surface area contributed by atoms with Crippen molar-refractivity contribution in [3.05, 3.63) is 65.5 Å². The molecule has 0 saturated heterocycles. The molecule has 3 rings (SSSR count). The minimum Gasteiger partial charge on any atom is -0.492 e. The Hall–Kier alpha value is -3.06. The Morgan fingerprint density at radius 3 is 2.63 bits per heavy atom. The predicted molar refractivity (Wildman–Crippen MR) is 105 cm³/mol. The highest BCUT2D eigenvalue weighted by Crippen LogP contribution is 2.18. The van der Waals surface area contributed by atoms with Gasteiger partial charge in [0, 0.05) is 17.6 Å². The van der Waals surface area contributed by atoms with Crippen LogP contribution in [-0.2, 0) is 6.54 Å². The van der Waals surface area contributed by atoms with E-state index in [0.717, 1.165) is 11.3 Å². The lowest BCUT2D eigenvalue weighted by Gasteiger charge is -2.11. The molecular weight excluding hydrogens is 366 g/mol. The average Bonchev–Trinajstić information content (AvgIpc) is 3.18. The summed E-state index contributed by atoms with van der Waals surface area (Å²) in [5, 5.41) is 10.9. The van der Waals surface area contributed by atoms with E-state index >= 15 is 0 Å². The van der Waals surface area contributed by atoms with Gasteiger partial charge >= 0.3 is 0 Å². The molecule has 0 bridgehead atoms. The number of para-hydroxylation sites is 1. The van der Waals surface area contributed by atoms with E-state index in [-0.39, 0.29) is 0 Å². The molecule has 0 spiro atoms. The molecule has 2 N–H and O–H groups in total. The number of rotatable bonds is 7. The van der Waals surface area contributed by atoms with Gasteiger partial charge < -0.3 is 19.9 Å². The van der Waals surface area contributed by atoms with E-state index in [2.05, 4.69) is 25.8 Å². The molecule has 0 unspecified atom stereocenters. The number of nitrogens with zero attached hydrogens (tertiary/aromatic N) is 3. The summed E-state index contributed by atoms with van der Waals surface area (Å²) >= 11 is 5.89. The van der Waals surface area contributed by atoms with Crippen molar-refractivity contribution in [2.75, 3.05) is 20.2 Å². The molecule has 2 aromatic carbocycles. The Balaban J connectivity index is 1.43. The number of aromatic nitrogens is 2. The third-order valence-electron chi connectivity index (χ3n) is 3.61. The number of guanidine groups is 1. The molecule has 0 radical (unpaired) electrons.